The van der Waals surface area contributed by atoms with Crippen LogP contribution in [0.15, 0.2) is 34.9 Å². The maximum atomic E-state index is 10.9. The number of hydrogen-bond acceptors (Lipinski definition) is 1. The Morgan fingerprint density at radius 3 is 3.00 bits per heavy atom. The number of halogens is 1. The second-order valence-corrected chi connectivity index (χ2v) is 2.76. The average Bonchev–Trinajstić information content (AvgIpc) is 2.13. The van der Waals surface area contributed by atoms with Crippen LogP contribution in [0.3, 0.4) is 0 Å². The third-order valence-corrected chi connectivity index (χ3v) is 1.83. The standard InChI is InChI=1S/C9H9ClO/c1-7(11)8-5-3-2-4-6-9(8)10/h2-3,5-6H,4H2,1H3. The van der Waals surface area contributed by atoms with Gasteiger partial charge in [0.05, 0.1) is 0 Å². The summed E-state index contributed by atoms with van der Waals surface area (Å²) in [5, 5.41) is 0.558. The van der Waals surface area contributed by atoms with Crippen LogP contribution in [0.4, 0.5) is 0 Å². The minimum absolute atomic E-state index is 0.0119. The number of rotatable bonds is 1. The molecule has 0 N–H and O–H groups in total. The molecule has 2 heteroatoms. The highest BCUT2D eigenvalue weighted by Gasteiger charge is 2.07. The Morgan fingerprint density at radius 1 is 1.64 bits per heavy atom. The van der Waals surface area contributed by atoms with Gasteiger partial charge in [-0.25, -0.2) is 0 Å². The molecule has 11 heavy (non-hydrogen) atoms. The zero-order valence-electron chi connectivity index (χ0n) is 6.30. The number of hydrogen-bond donors (Lipinski definition) is 0. The summed E-state index contributed by atoms with van der Waals surface area (Å²) in [6.07, 6.45) is 8.18. The predicted molar refractivity (Wildman–Crippen MR) is 46.5 cm³/mol. The molecule has 0 aliphatic heterocycles. The van der Waals surface area contributed by atoms with Crippen LogP contribution in [0.5, 0.6) is 0 Å². The van der Waals surface area contributed by atoms with Crippen molar-refractivity contribution < 1.29 is 4.79 Å². The fourth-order valence-electron chi connectivity index (χ4n) is 0.889. The highest BCUT2D eigenvalue weighted by atomic mass is 35.5. The molecule has 0 atom stereocenters. The molecular formula is C9H9ClO. The second kappa shape index (κ2) is 3.54. The van der Waals surface area contributed by atoms with Gasteiger partial charge in [0.15, 0.2) is 5.78 Å². The fraction of sp³-hybridized carbons (Fsp3) is 0.222. The monoisotopic (exact) mass is 168 g/mol. The van der Waals surface area contributed by atoms with E-state index in [9.17, 15) is 4.79 Å². The number of ketones is 1. The van der Waals surface area contributed by atoms with Crippen molar-refractivity contribution in [2.75, 3.05) is 0 Å². The molecule has 0 amide bonds. The van der Waals surface area contributed by atoms with E-state index in [1.165, 1.54) is 6.92 Å². The van der Waals surface area contributed by atoms with Crippen LogP contribution in [0, 0.1) is 0 Å². The molecule has 0 radical (unpaired) electrons. The van der Waals surface area contributed by atoms with E-state index in [0.717, 1.165) is 6.42 Å². The molecule has 0 spiro atoms. The van der Waals surface area contributed by atoms with Crippen molar-refractivity contribution in [2.45, 2.75) is 13.3 Å². The van der Waals surface area contributed by atoms with Crippen LogP contribution < -0.4 is 0 Å². The Labute approximate surface area is 71.0 Å². The highest BCUT2D eigenvalue weighted by Crippen LogP contribution is 2.18. The maximum Gasteiger partial charge on any atom is 0.161 e. The molecule has 0 fully saturated rings. The van der Waals surface area contributed by atoms with Crippen LogP contribution in [0.25, 0.3) is 0 Å². The summed E-state index contributed by atoms with van der Waals surface area (Å²) in [6, 6.07) is 0. The van der Waals surface area contributed by atoms with Gasteiger partial charge >= 0.3 is 0 Å². The Kier molecular flexibility index (Phi) is 2.66. The fourth-order valence-corrected chi connectivity index (χ4v) is 1.17. The van der Waals surface area contributed by atoms with Crippen molar-refractivity contribution in [1.82, 2.24) is 0 Å². The molecule has 0 aromatic carbocycles. The minimum Gasteiger partial charge on any atom is -0.294 e. The van der Waals surface area contributed by atoms with Crippen molar-refractivity contribution in [3.8, 4) is 0 Å². The van der Waals surface area contributed by atoms with Gasteiger partial charge in [-0.05, 0) is 13.3 Å². The quantitative estimate of drug-likeness (QED) is 0.588. The van der Waals surface area contributed by atoms with Crippen molar-refractivity contribution in [2.24, 2.45) is 0 Å². The molecule has 1 nitrogen and oxygen atoms in total. The molecule has 0 aromatic rings. The lowest BCUT2D eigenvalue weighted by Crippen LogP contribution is -1.95. The topological polar surface area (TPSA) is 17.1 Å². The summed E-state index contributed by atoms with van der Waals surface area (Å²) in [7, 11) is 0. The van der Waals surface area contributed by atoms with E-state index in [-0.39, 0.29) is 5.78 Å². The largest absolute Gasteiger partial charge is 0.294 e. The number of allylic oxidation sites excluding steroid dienone is 6. The summed E-state index contributed by atoms with van der Waals surface area (Å²) in [5.74, 6) is 0.0119. The van der Waals surface area contributed by atoms with Gasteiger partial charge in [0.25, 0.3) is 0 Å². The zero-order chi connectivity index (χ0) is 8.27. The minimum atomic E-state index is 0.0119. The van der Waals surface area contributed by atoms with E-state index < -0.39 is 0 Å². The smallest absolute Gasteiger partial charge is 0.161 e. The SMILES string of the molecule is CC(=O)C1=CC=CCC=C1Cl. The summed E-state index contributed by atoms with van der Waals surface area (Å²) in [5.41, 5.74) is 0.598. The molecule has 0 unspecified atom stereocenters. The van der Waals surface area contributed by atoms with E-state index in [4.69, 9.17) is 11.6 Å². The van der Waals surface area contributed by atoms with E-state index in [0.29, 0.717) is 10.6 Å². The van der Waals surface area contributed by atoms with Gasteiger partial charge in [-0.3, -0.25) is 4.79 Å². The van der Waals surface area contributed by atoms with Crippen molar-refractivity contribution in [1.29, 1.82) is 0 Å². The summed E-state index contributed by atoms with van der Waals surface area (Å²) in [6.45, 7) is 1.52. The number of carbonyl (C=O) groups excluding carboxylic acids is 1. The molecule has 0 bridgehead atoms. The normalized spacial score (nSPS) is 16.9. The molecule has 1 rings (SSSR count). The Balaban J connectivity index is 2.98. The number of carbonyl (C=O) groups is 1. The lowest BCUT2D eigenvalue weighted by molar-refractivity contribution is -0.113. The van der Waals surface area contributed by atoms with Crippen LogP contribution in [-0.4, -0.2) is 5.78 Å². The molecule has 0 aromatic heterocycles. The van der Waals surface area contributed by atoms with E-state index >= 15 is 0 Å². The first-order valence-electron chi connectivity index (χ1n) is 3.45. The molecule has 0 heterocycles. The van der Waals surface area contributed by atoms with E-state index in [1.807, 2.05) is 18.2 Å². The average molecular weight is 169 g/mol. The summed E-state index contributed by atoms with van der Waals surface area (Å²) < 4.78 is 0. The molecule has 1 aliphatic rings. The first-order chi connectivity index (χ1) is 5.22. The molecule has 58 valence electrons. The van der Waals surface area contributed by atoms with Gasteiger partial charge < -0.3 is 0 Å². The predicted octanol–water partition coefficient (Wildman–Crippen LogP) is 2.58. The third-order valence-electron chi connectivity index (χ3n) is 1.47. The Morgan fingerprint density at radius 2 is 2.36 bits per heavy atom. The molecule has 1 aliphatic carbocycles. The van der Waals surface area contributed by atoms with Crippen LogP contribution in [-0.2, 0) is 4.79 Å². The molecular weight excluding hydrogens is 160 g/mol. The van der Waals surface area contributed by atoms with Gasteiger partial charge in [0, 0.05) is 10.6 Å². The van der Waals surface area contributed by atoms with Gasteiger partial charge in [0.1, 0.15) is 0 Å². The Hall–Kier alpha value is -0.820. The van der Waals surface area contributed by atoms with Gasteiger partial charge in [-0.15, -0.1) is 0 Å². The maximum absolute atomic E-state index is 10.9. The highest BCUT2D eigenvalue weighted by molar-refractivity contribution is 6.35. The summed E-state index contributed by atoms with van der Waals surface area (Å²) in [4.78, 5) is 10.9. The zero-order valence-corrected chi connectivity index (χ0v) is 7.06. The van der Waals surface area contributed by atoms with Crippen molar-refractivity contribution in [3.05, 3.63) is 34.9 Å². The van der Waals surface area contributed by atoms with Crippen LogP contribution in [0.2, 0.25) is 0 Å². The molecule has 0 saturated carbocycles. The van der Waals surface area contributed by atoms with Gasteiger partial charge in [0.2, 0.25) is 0 Å². The van der Waals surface area contributed by atoms with Crippen LogP contribution >= 0.6 is 11.6 Å². The van der Waals surface area contributed by atoms with Gasteiger partial charge in [-0.1, -0.05) is 35.9 Å². The van der Waals surface area contributed by atoms with Crippen LogP contribution in [0.1, 0.15) is 13.3 Å². The lowest BCUT2D eigenvalue weighted by Gasteiger charge is -1.97. The third kappa shape index (κ3) is 2.05. The lowest BCUT2D eigenvalue weighted by atomic mass is 10.1. The van der Waals surface area contributed by atoms with E-state index in [1.54, 1.807) is 6.08 Å². The van der Waals surface area contributed by atoms with Crippen molar-refractivity contribution in [3.63, 3.8) is 0 Å². The Bertz CT molecular complexity index is 259. The number of Topliss-reactive ketones (excluding diaryl/α,β-unsaturated/α-hetero) is 1. The second-order valence-electron chi connectivity index (χ2n) is 2.35. The molecule has 0 saturated heterocycles. The first-order valence-corrected chi connectivity index (χ1v) is 3.83. The first kappa shape index (κ1) is 8.28. The summed E-state index contributed by atoms with van der Waals surface area (Å²) >= 11 is 5.81. The van der Waals surface area contributed by atoms with Crippen molar-refractivity contribution >= 4 is 17.4 Å². The van der Waals surface area contributed by atoms with Gasteiger partial charge in [-0.2, -0.15) is 0 Å². The van der Waals surface area contributed by atoms with E-state index in [2.05, 4.69) is 0 Å².